The fourth-order valence-corrected chi connectivity index (χ4v) is 6.82. The summed E-state index contributed by atoms with van der Waals surface area (Å²) in [6.07, 6.45) is 3.37. The van der Waals surface area contributed by atoms with Gasteiger partial charge in [0.25, 0.3) is 5.91 Å². The average molecular weight is 505 g/mol. The molecule has 2 aliphatic rings. The van der Waals surface area contributed by atoms with Crippen LogP contribution in [0.1, 0.15) is 41.0 Å². The van der Waals surface area contributed by atoms with Crippen LogP contribution in [0.15, 0.2) is 40.9 Å². The summed E-state index contributed by atoms with van der Waals surface area (Å²) in [4.78, 5) is 19.8. The monoisotopic (exact) mass is 504 g/mol. The van der Waals surface area contributed by atoms with Crippen LogP contribution < -0.4 is 5.73 Å². The molecule has 2 saturated heterocycles. The first-order chi connectivity index (χ1) is 17.4. The number of nitrogens with zero attached hydrogens (tertiary/aromatic N) is 3. The van der Waals surface area contributed by atoms with Crippen molar-refractivity contribution >= 4 is 33.9 Å². The van der Waals surface area contributed by atoms with Gasteiger partial charge in [-0.2, -0.15) is 0 Å². The second kappa shape index (κ2) is 8.50. The van der Waals surface area contributed by atoms with E-state index in [9.17, 15) is 9.18 Å². The number of carbonyl (C=O) groups is 1. The largest absolute Gasteiger partial charge is 0.355 e. The van der Waals surface area contributed by atoms with Gasteiger partial charge in [-0.25, -0.2) is 13.6 Å². The predicted molar refractivity (Wildman–Crippen MR) is 134 cm³/mol. The third kappa shape index (κ3) is 3.52. The van der Waals surface area contributed by atoms with E-state index in [2.05, 4.69) is 10.0 Å². The molecule has 6 rings (SSSR count). The van der Waals surface area contributed by atoms with Crippen molar-refractivity contribution in [3.05, 3.63) is 70.0 Å². The highest BCUT2D eigenvalue weighted by Gasteiger charge is 2.43. The quantitative estimate of drug-likeness (QED) is 0.325. The molecule has 2 atom stereocenters. The van der Waals surface area contributed by atoms with Crippen molar-refractivity contribution < 1.29 is 18.1 Å². The van der Waals surface area contributed by atoms with Gasteiger partial charge in [-0.15, -0.1) is 11.3 Å². The third-order valence-electron chi connectivity index (χ3n) is 7.32. The molecule has 2 aromatic heterocycles. The Kier molecular flexibility index (Phi) is 5.39. The third-order valence-corrected chi connectivity index (χ3v) is 8.46. The summed E-state index contributed by atoms with van der Waals surface area (Å²) in [5.74, 6) is -1.32. The van der Waals surface area contributed by atoms with Gasteiger partial charge in [-0.1, -0.05) is 17.3 Å². The van der Waals surface area contributed by atoms with E-state index in [1.54, 1.807) is 25.1 Å². The zero-order valence-corrected chi connectivity index (χ0v) is 20.2. The van der Waals surface area contributed by atoms with Crippen molar-refractivity contribution in [2.24, 2.45) is 5.73 Å². The molecule has 182 valence electrons. The first kappa shape index (κ1) is 22.8. The SMILES string of the molecule is [C-]#[N+]c1ccc(-c2cc(C(=O)N3C4CCC3CC(N)C4)sc2-c2c(F)ccc3c(C)noc23)cc1F. The van der Waals surface area contributed by atoms with Crippen LogP contribution in [0.3, 0.4) is 0 Å². The molecule has 2 N–H and O–H groups in total. The number of thiophene rings is 1. The highest BCUT2D eigenvalue weighted by molar-refractivity contribution is 7.18. The fraction of sp³-hybridized carbons (Fsp3) is 0.296. The number of fused-ring (bicyclic) bond motifs is 3. The first-order valence-corrected chi connectivity index (χ1v) is 12.6. The molecular formula is C27H22F2N4O2S. The van der Waals surface area contributed by atoms with E-state index < -0.39 is 11.6 Å². The molecule has 2 unspecified atom stereocenters. The van der Waals surface area contributed by atoms with Gasteiger partial charge in [-0.05, 0) is 62.4 Å². The normalized spacial score (nSPS) is 21.2. The highest BCUT2D eigenvalue weighted by Crippen LogP contribution is 2.46. The summed E-state index contributed by atoms with van der Waals surface area (Å²) in [5, 5.41) is 4.66. The number of hydrogen-bond acceptors (Lipinski definition) is 5. The van der Waals surface area contributed by atoms with E-state index in [4.69, 9.17) is 16.8 Å². The minimum absolute atomic E-state index is 0.0892. The van der Waals surface area contributed by atoms with Gasteiger partial charge in [-0.3, -0.25) is 4.79 Å². The number of nitrogens with two attached hydrogens (primary N) is 1. The second-order valence-corrected chi connectivity index (χ2v) is 10.6. The van der Waals surface area contributed by atoms with Crippen LogP contribution in [-0.2, 0) is 0 Å². The van der Waals surface area contributed by atoms with Gasteiger partial charge in [0.15, 0.2) is 5.58 Å². The number of halogens is 2. The summed E-state index contributed by atoms with van der Waals surface area (Å²) >= 11 is 1.16. The maximum Gasteiger partial charge on any atom is 0.264 e. The Balaban J connectivity index is 1.53. The van der Waals surface area contributed by atoms with Crippen LogP contribution in [0.4, 0.5) is 14.5 Å². The lowest BCUT2D eigenvalue weighted by Crippen LogP contribution is -2.49. The fourth-order valence-electron chi connectivity index (χ4n) is 5.65. The minimum Gasteiger partial charge on any atom is -0.355 e. The summed E-state index contributed by atoms with van der Waals surface area (Å²) in [6, 6.07) is 9.18. The molecule has 0 spiro atoms. The van der Waals surface area contributed by atoms with Gasteiger partial charge in [0.05, 0.1) is 22.7 Å². The van der Waals surface area contributed by atoms with Crippen molar-refractivity contribution in [2.75, 3.05) is 0 Å². The Morgan fingerprint density at radius 3 is 2.61 bits per heavy atom. The number of aryl methyl sites for hydroxylation is 1. The number of hydrogen-bond donors (Lipinski definition) is 1. The van der Waals surface area contributed by atoms with Crippen molar-refractivity contribution in [1.29, 1.82) is 0 Å². The molecule has 0 aliphatic carbocycles. The zero-order chi connectivity index (χ0) is 25.1. The number of carbonyl (C=O) groups excluding carboxylic acids is 1. The smallest absolute Gasteiger partial charge is 0.264 e. The minimum atomic E-state index is -0.676. The lowest BCUT2D eigenvalue weighted by molar-refractivity contribution is 0.0580. The number of amides is 1. The van der Waals surface area contributed by atoms with Gasteiger partial charge in [0.1, 0.15) is 11.6 Å². The Labute approximate surface area is 210 Å². The van der Waals surface area contributed by atoms with Crippen molar-refractivity contribution in [3.63, 3.8) is 0 Å². The maximum absolute atomic E-state index is 15.3. The number of aromatic nitrogens is 1. The van der Waals surface area contributed by atoms with Gasteiger partial charge in [0.2, 0.25) is 5.69 Å². The first-order valence-electron chi connectivity index (χ1n) is 11.8. The van der Waals surface area contributed by atoms with Crippen LogP contribution in [-0.4, -0.2) is 34.1 Å². The molecule has 2 fully saturated rings. The lowest BCUT2D eigenvalue weighted by Gasteiger charge is -2.37. The van der Waals surface area contributed by atoms with Gasteiger partial charge in [0, 0.05) is 34.0 Å². The standard InChI is InChI=1S/C27H22F2N4O2S/c1-13-18-6-7-20(28)24(25(18)35-32-13)26-19(14-3-8-22(31-2)21(29)9-14)12-23(36-26)27(34)33-16-4-5-17(33)11-15(30)10-16/h3,6-9,12,15-17H,4-5,10-11,30H2,1H3. The maximum atomic E-state index is 15.3. The topological polar surface area (TPSA) is 76.7 Å². The molecule has 4 aromatic rings. The Hall–Kier alpha value is -3.61. The molecule has 4 heterocycles. The number of piperidine rings is 1. The van der Waals surface area contributed by atoms with Crippen LogP contribution in [0.2, 0.25) is 0 Å². The Morgan fingerprint density at radius 2 is 1.92 bits per heavy atom. The van der Waals surface area contributed by atoms with E-state index in [1.165, 1.54) is 18.2 Å². The van der Waals surface area contributed by atoms with E-state index in [0.29, 0.717) is 32.0 Å². The Bertz CT molecular complexity index is 1560. The van der Waals surface area contributed by atoms with Gasteiger partial charge >= 0.3 is 0 Å². The molecule has 2 aromatic carbocycles. The van der Waals surface area contributed by atoms with Crippen LogP contribution in [0.5, 0.6) is 0 Å². The summed E-state index contributed by atoms with van der Waals surface area (Å²) in [7, 11) is 0. The molecular weight excluding hydrogens is 482 g/mol. The molecule has 1 amide bonds. The molecule has 0 saturated carbocycles. The van der Waals surface area contributed by atoms with Crippen LogP contribution in [0.25, 0.3) is 37.4 Å². The predicted octanol–water partition coefficient (Wildman–Crippen LogP) is 6.46. The van der Waals surface area contributed by atoms with Crippen LogP contribution >= 0.6 is 11.3 Å². The van der Waals surface area contributed by atoms with Crippen molar-refractivity contribution in [1.82, 2.24) is 10.1 Å². The summed E-state index contributed by atoms with van der Waals surface area (Å²) in [6.45, 7) is 8.92. The lowest BCUT2D eigenvalue weighted by atomic mass is 9.97. The highest BCUT2D eigenvalue weighted by atomic mass is 32.1. The second-order valence-electron chi connectivity index (χ2n) is 9.53. The molecule has 0 radical (unpaired) electrons. The summed E-state index contributed by atoms with van der Waals surface area (Å²) in [5.41, 5.74) is 8.12. The molecule has 6 nitrogen and oxygen atoms in total. The molecule has 2 aliphatic heterocycles. The zero-order valence-electron chi connectivity index (χ0n) is 19.4. The van der Waals surface area contributed by atoms with Crippen molar-refractivity contribution in [3.8, 4) is 21.6 Å². The van der Waals surface area contributed by atoms with Crippen molar-refractivity contribution in [2.45, 2.75) is 50.7 Å². The molecule has 36 heavy (non-hydrogen) atoms. The molecule has 9 heteroatoms. The van der Waals surface area contributed by atoms with Crippen LogP contribution in [0, 0.1) is 25.1 Å². The average Bonchev–Trinajstić information content (AvgIpc) is 3.53. The number of benzene rings is 2. The van der Waals surface area contributed by atoms with E-state index in [1.807, 2.05) is 4.90 Å². The van der Waals surface area contributed by atoms with E-state index >= 15 is 4.39 Å². The Morgan fingerprint density at radius 1 is 1.17 bits per heavy atom. The van der Waals surface area contributed by atoms with Gasteiger partial charge < -0.3 is 15.2 Å². The number of rotatable bonds is 3. The molecule has 2 bridgehead atoms. The summed E-state index contributed by atoms with van der Waals surface area (Å²) < 4.78 is 35.5. The van der Waals surface area contributed by atoms with E-state index in [0.717, 1.165) is 37.0 Å². The van der Waals surface area contributed by atoms with E-state index in [-0.39, 0.29) is 40.9 Å².